The van der Waals surface area contributed by atoms with Gasteiger partial charge in [-0.1, -0.05) is 18.2 Å². The lowest BCUT2D eigenvalue weighted by Crippen LogP contribution is -2.34. The number of hydrogen-bond acceptors (Lipinski definition) is 3. The van der Waals surface area contributed by atoms with Gasteiger partial charge >= 0.3 is 0 Å². The Bertz CT molecular complexity index is 526. The van der Waals surface area contributed by atoms with E-state index in [4.69, 9.17) is 0 Å². The van der Waals surface area contributed by atoms with Crippen molar-refractivity contribution in [1.82, 2.24) is 14.9 Å². The third-order valence-corrected chi connectivity index (χ3v) is 2.89. The molecule has 0 saturated carbocycles. The van der Waals surface area contributed by atoms with E-state index in [9.17, 15) is 5.11 Å². The maximum absolute atomic E-state index is 9.70. The highest BCUT2D eigenvalue weighted by Crippen LogP contribution is 2.14. The monoisotopic (exact) mass is 259 g/mol. The van der Waals surface area contributed by atoms with Gasteiger partial charge in [0.05, 0.1) is 17.5 Å². The average molecular weight is 259 g/mol. The van der Waals surface area contributed by atoms with Crippen molar-refractivity contribution in [2.45, 2.75) is 32.9 Å². The van der Waals surface area contributed by atoms with Crippen LogP contribution < -0.4 is 5.32 Å². The van der Waals surface area contributed by atoms with Crippen LogP contribution in [0.4, 0.5) is 0 Å². The zero-order valence-electron chi connectivity index (χ0n) is 11.7. The van der Waals surface area contributed by atoms with Crippen LogP contribution in [0.2, 0.25) is 0 Å². The van der Waals surface area contributed by atoms with Gasteiger partial charge in [0.25, 0.3) is 0 Å². The van der Waals surface area contributed by atoms with Crippen LogP contribution in [0.3, 0.4) is 0 Å². The van der Waals surface area contributed by atoms with Gasteiger partial charge in [-0.2, -0.15) is 0 Å². The number of imidazole rings is 1. The highest BCUT2D eigenvalue weighted by atomic mass is 16.3. The summed E-state index contributed by atoms with van der Waals surface area (Å²) in [5.74, 6) is 0.964. The van der Waals surface area contributed by atoms with Crippen LogP contribution in [0, 0.1) is 6.92 Å². The molecule has 0 aliphatic heterocycles. The minimum absolute atomic E-state index is 0.548. The van der Waals surface area contributed by atoms with Crippen LogP contribution in [0.1, 0.15) is 25.4 Å². The summed E-state index contributed by atoms with van der Waals surface area (Å²) in [7, 11) is 0. The van der Waals surface area contributed by atoms with Gasteiger partial charge in [0.1, 0.15) is 5.82 Å². The molecule has 102 valence electrons. The molecule has 0 radical (unpaired) electrons. The first-order valence-electron chi connectivity index (χ1n) is 6.49. The molecule has 0 unspecified atom stereocenters. The standard InChI is InChI=1S/C15H21N3O/c1-12-17-10-14(9-16-11-15(2,3)19)18(12)13-7-5-4-6-8-13/h4-8,10,16,19H,9,11H2,1-3H3. The Kier molecular flexibility index (Phi) is 4.02. The van der Waals surface area contributed by atoms with Crippen LogP contribution in [0.15, 0.2) is 36.5 Å². The number of para-hydroxylation sites is 1. The smallest absolute Gasteiger partial charge is 0.110 e. The number of nitrogens with one attached hydrogen (secondary N) is 1. The number of aryl methyl sites for hydroxylation is 1. The molecular weight excluding hydrogens is 238 g/mol. The van der Waals surface area contributed by atoms with Crippen LogP contribution >= 0.6 is 0 Å². The van der Waals surface area contributed by atoms with Crippen LogP contribution in [0.25, 0.3) is 5.69 Å². The molecule has 4 heteroatoms. The fraction of sp³-hybridized carbons (Fsp3) is 0.400. The van der Waals surface area contributed by atoms with Crippen molar-refractivity contribution in [3.05, 3.63) is 48.0 Å². The average Bonchev–Trinajstić information content (AvgIpc) is 2.70. The van der Waals surface area contributed by atoms with E-state index < -0.39 is 5.60 Å². The maximum atomic E-state index is 9.70. The number of nitrogens with zero attached hydrogens (tertiary/aromatic N) is 2. The molecule has 0 bridgehead atoms. The van der Waals surface area contributed by atoms with E-state index in [0.29, 0.717) is 13.1 Å². The van der Waals surface area contributed by atoms with Crippen molar-refractivity contribution >= 4 is 0 Å². The molecular formula is C15H21N3O. The van der Waals surface area contributed by atoms with E-state index in [1.165, 1.54) is 0 Å². The summed E-state index contributed by atoms with van der Waals surface area (Å²) < 4.78 is 2.12. The molecule has 1 aromatic heterocycles. The molecule has 2 aromatic rings. The quantitative estimate of drug-likeness (QED) is 0.864. The molecule has 0 atom stereocenters. The SMILES string of the molecule is Cc1ncc(CNCC(C)(C)O)n1-c1ccccc1. The van der Waals surface area contributed by atoms with E-state index in [-0.39, 0.29) is 0 Å². The van der Waals surface area contributed by atoms with Gasteiger partial charge in [-0.15, -0.1) is 0 Å². The van der Waals surface area contributed by atoms with Crippen molar-refractivity contribution in [3.63, 3.8) is 0 Å². The number of benzene rings is 1. The first kappa shape index (κ1) is 13.8. The Hall–Kier alpha value is -1.65. The van der Waals surface area contributed by atoms with Crippen LogP contribution in [0.5, 0.6) is 0 Å². The van der Waals surface area contributed by atoms with E-state index in [0.717, 1.165) is 17.2 Å². The second-order valence-electron chi connectivity index (χ2n) is 5.38. The fourth-order valence-corrected chi connectivity index (χ4v) is 2.04. The number of aliphatic hydroxyl groups is 1. The second kappa shape index (κ2) is 5.55. The Morgan fingerprint density at radius 3 is 2.58 bits per heavy atom. The summed E-state index contributed by atoms with van der Waals surface area (Å²) in [5.41, 5.74) is 1.50. The molecule has 0 fully saturated rings. The zero-order valence-corrected chi connectivity index (χ0v) is 11.7. The first-order chi connectivity index (χ1) is 8.97. The molecule has 1 aromatic carbocycles. The summed E-state index contributed by atoms with van der Waals surface area (Å²) in [6.45, 7) is 6.80. The molecule has 0 aliphatic rings. The molecule has 0 saturated heterocycles. The van der Waals surface area contributed by atoms with Crippen molar-refractivity contribution in [1.29, 1.82) is 0 Å². The predicted octanol–water partition coefficient (Wildman–Crippen LogP) is 2.04. The van der Waals surface area contributed by atoms with Gasteiger partial charge in [-0.05, 0) is 32.9 Å². The Labute approximate surface area is 114 Å². The molecule has 0 aliphatic carbocycles. The topological polar surface area (TPSA) is 50.1 Å². The van der Waals surface area contributed by atoms with Gasteiger partial charge in [0.2, 0.25) is 0 Å². The summed E-state index contributed by atoms with van der Waals surface area (Å²) >= 11 is 0. The Morgan fingerprint density at radius 1 is 1.26 bits per heavy atom. The van der Waals surface area contributed by atoms with Crippen molar-refractivity contribution in [3.8, 4) is 5.69 Å². The molecule has 1 heterocycles. The van der Waals surface area contributed by atoms with Gasteiger partial charge in [0, 0.05) is 18.8 Å². The Morgan fingerprint density at radius 2 is 1.95 bits per heavy atom. The second-order valence-corrected chi connectivity index (χ2v) is 5.38. The zero-order chi connectivity index (χ0) is 13.9. The summed E-state index contributed by atoms with van der Waals surface area (Å²) in [6.07, 6.45) is 1.87. The maximum Gasteiger partial charge on any atom is 0.110 e. The lowest BCUT2D eigenvalue weighted by Gasteiger charge is -2.18. The minimum Gasteiger partial charge on any atom is -0.389 e. The lowest BCUT2D eigenvalue weighted by molar-refractivity contribution is 0.0794. The Balaban J connectivity index is 2.15. The summed E-state index contributed by atoms with van der Waals surface area (Å²) in [4.78, 5) is 4.37. The molecule has 2 N–H and O–H groups in total. The van der Waals surface area contributed by atoms with Crippen LogP contribution in [-0.4, -0.2) is 26.8 Å². The van der Waals surface area contributed by atoms with Gasteiger partial charge < -0.3 is 10.4 Å². The highest BCUT2D eigenvalue weighted by molar-refractivity contribution is 5.35. The third kappa shape index (κ3) is 3.66. The van der Waals surface area contributed by atoms with Gasteiger partial charge in [-0.25, -0.2) is 4.98 Å². The van der Waals surface area contributed by atoms with Crippen molar-refractivity contribution < 1.29 is 5.11 Å². The third-order valence-electron chi connectivity index (χ3n) is 2.89. The van der Waals surface area contributed by atoms with E-state index >= 15 is 0 Å². The molecule has 0 amide bonds. The number of hydrogen-bond donors (Lipinski definition) is 2. The highest BCUT2D eigenvalue weighted by Gasteiger charge is 2.13. The molecule has 2 rings (SSSR count). The lowest BCUT2D eigenvalue weighted by atomic mass is 10.1. The van der Waals surface area contributed by atoms with Crippen molar-refractivity contribution in [2.75, 3.05) is 6.54 Å². The fourth-order valence-electron chi connectivity index (χ4n) is 2.04. The van der Waals surface area contributed by atoms with E-state index in [1.54, 1.807) is 13.8 Å². The number of aromatic nitrogens is 2. The predicted molar refractivity (Wildman–Crippen MR) is 76.3 cm³/mol. The van der Waals surface area contributed by atoms with E-state index in [2.05, 4.69) is 27.0 Å². The van der Waals surface area contributed by atoms with Gasteiger partial charge in [-0.3, -0.25) is 4.57 Å². The molecule has 4 nitrogen and oxygen atoms in total. The van der Waals surface area contributed by atoms with Gasteiger partial charge in [0.15, 0.2) is 0 Å². The molecule has 0 spiro atoms. The normalized spacial score (nSPS) is 11.8. The van der Waals surface area contributed by atoms with E-state index in [1.807, 2.05) is 31.3 Å². The minimum atomic E-state index is -0.702. The summed E-state index contributed by atoms with van der Waals surface area (Å²) in [5, 5.41) is 13.0. The largest absolute Gasteiger partial charge is 0.389 e. The summed E-state index contributed by atoms with van der Waals surface area (Å²) in [6, 6.07) is 10.2. The van der Waals surface area contributed by atoms with Crippen LogP contribution in [-0.2, 0) is 6.54 Å². The van der Waals surface area contributed by atoms with Crippen molar-refractivity contribution in [2.24, 2.45) is 0 Å². The molecule has 19 heavy (non-hydrogen) atoms. The first-order valence-corrected chi connectivity index (χ1v) is 6.49. The number of rotatable bonds is 5.